The number of hydrogen-bond donors (Lipinski definition) is 1. The van der Waals surface area contributed by atoms with Crippen molar-refractivity contribution in [1.29, 1.82) is 0 Å². The molecule has 1 N–H and O–H groups in total. The molecule has 160 valence electrons. The number of benzene rings is 3. The van der Waals surface area contributed by atoms with Crippen LogP contribution in [-0.2, 0) is 11.4 Å². The molecule has 0 aliphatic heterocycles. The monoisotopic (exact) mass is 501 g/mol. The molecule has 5 nitrogen and oxygen atoms in total. The first-order chi connectivity index (χ1) is 15.0. The van der Waals surface area contributed by atoms with Gasteiger partial charge in [0.25, 0.3) is 0 Å². The summed E-state index contributed by atoms with van der Waals surface area (Å²) in [6.45, 7) is 0.414. The normalized spacial score (nSPS) is 10.7. The fourth-order valence-corrected chi connectivity index (χ4v) is 3.64. The lowest BCUT2D eigenvalue weighted by molar-refractivity contribution is -0.111. The van der Waals surface area contributed by atoms with Crippen LogP contribution in [0.3, 0.4) is 0 Å². The highest BCUT2D eigenvalue weighted by atomic mass is 79.9. The smallest absolute Gasteiger partial charge is 0.248 e. The zero-order valence-electron chi connectivity index (χ0n) is 17.0. The van der Waals surface area contributed by atoms with Gasteiger partial charge in [-0.3, -0.25) is 4.79 Å². The van der Waals surface area contributed by atoms with E-state index >= 15 is 0 Å². The lowest BCUT2D eigenvalue weighted by Crippen LogP contribution is -2.07. The van der Waals surface area contributed by atoms with Gasteiger partial charge in [-0.1, -0.05) is 41.9 Å². The Kier molecular flexibility index (Phi) is 7.98. The van der Waals surface area contributed by atoms with Crippen molar-refractivity contribution in [3.8, 4) is 17.2 Å². The molecule has 3 aromatic carbocycles. The van der Waals surface area contributed by atoms with Crippen molar-refractivity contribution in [2.45, 2.75) is 6.61 Å². The number of halogens is 2. The summed E-state index contributed by atoms with van der Waals surface area (Å²) in [5, 5.41) is 3.18. The molecule has 0 saturated carbocycles. The summed E-state index contributed by atoms with van der Waals surface area (Å²) in [7, 11) is 3.11. The number of rotatable bonds is 8. The predicted octanol–water partition coefficient (Wildman–Crippen LogP) is 6.35. The average molecular weight is 503 g/mol. The Morgan fingerprint density at radius 2 is 1.77 bits per heavy atom. The van der Waals surface area contributed by atoms with E-state index in [0.717, 1.165) is 15.6 Å². The van der Waals surface area contributed by atoms with Gasteiger partial charge in [0.2, 0.25) is 5.91 Å². The summed E-state index contributed by atoms with van der Waals surface area (Å²) in [6, 6.07) is 18.6. The Morgan fingerprint density at radius 3 is 2.45 bits per heavy atom. The van der Waals surface area contributed by atoms with E-state index in [-0.39, 0.29) is 5.91 Å². The first-order valence-electron chi connectivity index (χ1n) is 9.37. The molecule has 3 aromatic rings. The molecule has 0 radical (unpaired) electrons. The van der Waals surface area contributed by atoms with Gasteiger partial charge in [-0.2, -0.15) is 0 Å². The summed E-state index contributed by atoms with van der Waals surface area (Å²) in [6.07, 6.45) is 3.12. The summed E-state index contributed by atoms with van der Waals surface area (Å²) >= 11 is 9.62. The zero-order chi connectivity index (χ0) is 22.2. The molecule has 0 aromatic heterocycles. The number of nitrogens with one attached hydrogen (secondary N) is 1. The Balaban J connectivity index is 1.69. The van der Waals surface area contributed by atoms with Crippen molar-refractivity contribution in [3.63, 3.8) is 0 Å². The molecule has 0 spiro atoms. The zero-order valence-corrected chi connectivity index (χ0v) is 19.4. The van der Waals surface area contributed by atoms with E-state index in [1.54, 1.807) is 37.5 Å². The molecular weight excluding hydrogens is 482 g/mol. The maximum absolute atomic E-state index is 12.3. The van der Waals surface area contributed by atoms with E-state index in [4.69, 9.17) is 25.8 Å². The first kappa shape index (κ1) is 22.7. The fraction of sp³-hybridized carbons (Fsp3) is 0.125. The molecule has 0 heterocycles. The number of methoxy groups -OCH3 is 2. The summed E-state index contributed by atoms with van der Waals surface area (Å²) < 4.78 is 17.3. The van der Waals surface area contributed by atoms with Crippen molar-refractivity contribution in [1.82, 2.24) is 0 Å². The van der Waals surface area contributed by atoms with Gasteiger partial charge in [-0.05, 0) is 63.5 Å². The second-order valence-corrected chi connectivity index (χ2v) is 7.74. The SMILES string of the molecule is COc1ccc(NC(=O)C=Cc2cc(Br)c(OCc3ccccc3)c(OC)c2)cc1Cl. The summed E-state index contributed by atoms with van der Waals surface area (Å²) in [5.74, 6) is 1.41. The van der Waals surface area contributed by atoms with Crippen LogP contribution in [0.5, 0.6) is 17.2 Å². The highest BCUT2D eigenvalue weighted by Crippen LogP contribution is 2.37. The minimum absolute atomic E-state index is 0.291. The Bertz CT molecular complexity index is 1090. The standard InChI is InChI=1S/C24H21BrClNO4/c1-29-21-10-9-18(14-20(21)26)27-23(28)11-8-17-12-19(25)24(22(13-17)30-2)31-15-16-6-4-3-5-7-16/h3-14H,15H2,1-2H3,(H,27,28). The van der Waals surface area contributed by atoms with Crippen LogP contribution >= 0.6 is 27.5 Å². The van der Waals surface area contributed by atoms with E-state index in [1.165, 1.54) is 13.2 Å². The summed E-state index contributed by atoms with van der Waals surface area (Å²) in [5.41, 5.74) is 2.40. The lowest BCUT2D eigenvalue weighted by atomic mass is 10.2. The Labute approximate surface area is 194 Å². The van der Waals surface area contributed by atoms with E-state index in [0.29, 0.717) is 34.6 Å². The number of amides is 1. The number of anilines is 1. The Morgan fingerprint density at radius 1 is 1.03 bits per heavy atom. The van der Waals surface area contributed by atoms with Gasteiger partial charge in [-0.25, -0.2) is 0 Å². The van der Waals surface area contributed by atoms with Crippen LogP contribution in [0.4, 0.5) is 5.69 Å². The molecule has 0 aliphatic carbocycles. The van der Waals surface area contributed by atoms with E-state index in [2.05, 4.69) is 21.2 Å². The van der Waals surface area contributed by atoms with Crippen molar-refractivity contribution in [2.75, 3.05) is 19.5 Å². The van der Waals surface area contributed by atoms with Crippen molar-refractivity contribution >= 4 is 45.2 Å². The summed E-state index contributed by atoms with van der Waals surface area (Å²) in [4.78, 5) is 12.3. The van der Waals surface area contributed by atoms with E-state index in [9.17, 15) is 4.79 Å². The minimum atomic E-state index is -0.291. The van der Waals surface area contributed by atoms with Crippen molar-refractivity contribution in [2.24, 2.45) is 0 Å². The number of carbonyl (C=O) groups is 1. The average Bonchev–Trinajstić information content (AvgIpc) is 2.77. The Hall–Kier alpha value is -2.96. The largest absolute Gasteiger partial charge is 0.495 e. The van der Waals surface area contributed by atoms with Gasteiger partial charge < -0.3 is 19.5 Å². The second-order valence-electron chi connectivity index (χ2n) is 6.48. The van der Waals surface area contributed by atoms with Gasteiger partial charge in [0, 0.05) is 11.8 Å². The van der Waals surface area contributed by atoms with Crippen LogP contribution < -0.4 is 19.5 Å². The molecule has 3 rings (SSSR count). The van der Waals surface area contributed by atoms with Gasteiger partial charge in [0.1, 0.15) is 12.4 Å². The maximum atomic E-state index is 12.3. The predicted molar refractivity (Wildman–Crippen MR) is 127 cm³/mol. The van der Waals surface area contributed by atoms with Gasteiger partial charge in [-0.15, -0.1) is 0 Å². The number of carbonyl (C=O) groups excluding carboxylic acids is 1. The van der Waals surface area contributed by atoms with Crippen LogP contribution in [0, 0.1) is 0 Å². The van der Waals surface area contributed by atoms with Crippen molar-refractivity contribution in [3.05, 3.63) is 87.4 Å². The maximum Gasteiger partial charge on any atom is 0.248 e. The second kappa shape index (κ2) is 10.9. The van der Waals surface area contributed by atoms with Crippen LogP contribution in [-0.4, -0.2) is 20.1 Å². The van der Waals surface area contributed by atoms with Crippen LogP contribution in [0.1, 0.15) is 11.1 Å². The first-order valence-corrected chi connectivity index (χ1v) is 10.5. The highest BCUT2D eigenvalue weighted by Gasteiger charge is 2.12. The number of hydrogen-bond acceptors (Lipinski definition) is 4. The van der Waals surface area contributed by atoms with Crippen LogP contribution in [0.15, 0.2) is 71.2 Å². The topological polar surface area (TPSA) is 56.8 Å². The minimum Gasteiger partial charge on any atom is -0.495 e. The molecule has 31 heavy (non-hydrogen) atoms. The molecule has 0 bridgehead atoms. The third-order valence-electron chi connectivity index (χ3n) is 4.32. The third kappa shape index (κ3) is 6.26. The molecule has 0 unspecified atom stereocenters. The van der Waals surface area contributed by atoms with Crippen LogP contribution in [0.2, 0.25) is 5.02 Å². The van der Waals surface area contributed by atoms with Crippen LogP contribution in [0.25, 0.3) is 6.08 Å². The molecule has 0 aliphatic rings. The van der Waals surface area contributed by atoms with E-state index < -0.39 is 0 Å². The van der Waals surface area contributed by atoms with Gasteiger partial charge >= 0.3 is 0 Å². The molecule has 0 atom stereocenters. The number of ether oxygens (including phenoxy) is 3. The van der Waals surface area contributed by atoms with Gasteiger partial charge in [0.05, 0.1) is 23.7 Å². The highest BCUT2D eigenvalue weighted by molar-refractivity contribution is 9.10. The molecular formula is C24H21BrClNO4. The lowest BCUT2D eigenvalue weighted by Gasteiger charge is -2.13. The van der Waals surface area contributed by atoms with Crippen molar-refractivity contribution < 1.29 is 19.0 Å². The molecule has 7 heteroatoms. The van der Waals surface area contributed by atoms with Gasteiger partial charge in [0.15, 0.2) is 11.5 Å². The molecule has 0 saturated heterocycles. The quantitative estimate of drug-likeness (QED) is 0.365. The molecule has 1 amide bonds. The molecule has 0 fully saturated rings. The van der Waals surface area contributed by atoms with E-state index in [1.807, 2.05) is 36.4 Å². The third-order valence-corrected chi connectivity index (χ3v) is 5.21. The fourth-order valence-electron chi connectivity index (χ4n) is 2.81.